The summed E-state index contributed by atoms with van der Waals surface area (Å²) in [6.07, 6.45) is 0. The van der Waals surface area contributed by atoms with Crippen LogP contribution in [0.1, 0.15) is 41.5 Å². The van der Waals surface area contributed by atoms with Gasteiger partial charge < -0.3 is 10.2 Å². The maximum Gasteiger partial charge on any atom is 2.00 e. The Morgan fingerprint density at radius 3 is 0.636 bits per heavy atom. The zero-order valence-corrected chi connectivity index (χ0v) is 10.4. The molecular formula is C8H18O2Pt. The molecule has 3 heteroatoms. The molecule has 0 N–H and O–H groups in total. The molecule has 0 aliphatic carbocycles. The summed E-state index contributed by atoms with van der Waals surface area (Å²) < 4.78 is 0. The SMILES string of the molecule is CC(C)(C)[O-].CC(C)(C)[O-].[Pt+2]. The topological polar surface area (TPSA) is 46.1 Å². The van der Waals surface area contributed by atoms with E-state index in [1.807, 2.05) is 0 Å². The molecule has 0 atom stereocenters. The van der Waals surface area contributed by atoms with Crippen molar-refractivity contribution in [1.29, 1.82) is 0 Å². The van der Waals surface area contributed by atoms with E-state index in [0.29, 0.717) is 0 Å². The maximum absolute atomic E-state index is 10.1. The largest absolute Gasteiger partial charge is 2.00 e. The van der Waals surface area contributed by atoms with Gasteiger partial charge in [-0.25, -0.2) is 0 Å². The van der Waals surface area contributed by atoms with Crippen molar-refractivity contribution in [3.63, 3.8) is 0 Å². The molecule has 0 aliphatic rings. The standard InChI is InChI=1S/2C4H9O.Pt/c2*1-4(2,3)5;/h2*1-3H3;/q2*-1;+2. The van der Waals surface area contributed by atoms with Gasteiger partial charge in [0.15, 0.2) is 0 Å². The van der Waals surface area contributed by atoms with Gasteiger partial charge in [0, 0.05) is 0 Å². The number of hydrogen-bond donors (Lipinski definition) is 0. The molecule has 0 unspecified atom stereocenters. The van der Waals surface area contributed by atoms with Crippen molar-refractivity contribution in [3.8, 4) is 0 Å². The molecular weight excluding hydrogens is 323 g/mol. The third kappa shape index (κ3) is 2120. The molecule has 0 aromatic heterocycles. The van der Waals surface area contributed by atoms with Crippen LogP contribution in [0.4, 0.5) is 0 Å². The quantitative estimate of drug-likeness (QED) is 0.636. The number of hydrogen-bond acceptors (Lipinski definition) is 2. The van der Waals surface area contributed by atoms with Gasteiger partial charge >= 0.3 is 21.1 Å². The van der Waals surface area contributed by atoms with Crippen LogP contribution in [0.5, 0.6) is 0 Å². The van der Waals surface area contributed by atoms with E-state index in [1.54, 1.807) is 41.5 Å². The van der Waals surface area contributed by atoms with Crippen molar-refractivity contribution >= 4 is 0 Å². The van der Waals surface area contributed by atoms with Crippen molar-refractivity contribution in [2.75, 3.05) is 0 Å². The molecule has 11 heavy (non-hydrogen) atoms. The zero-order chi connectivity index (χ0) is 9.00. The first kappa shape index (κ1) is 17.6. The molecule has 0 fully saturated rings. The fourth-order valence-electron chi connectivity index (χ4n) is 0. The minimum Gasteiger partial charge on any atom is -0.850 e. The molecule has 0 saturated heterocycles. The molecule has 0 aromatic carbocycles. The van der Waals surface area contributed by atoms with Gasteiger partial charge in [-0.05, 0) is 0 Å². The summed E-state index contributed by atoms with van der Waals surface area (Å²) in [4.78, 5) is 0. The van der Waals surface area contributed by atoms with E-state index in [4.69, 9.17) is 0 Å². The Morgan fingerprint density at radius 1 is 0.636 bits per heavy atom. The predicted octanol–water partition coefficient (Wildman–Crippen LogP) is 0.288. The number of rotatable bonds is 0. The molecule has 0 spiro atoms. The summed E-state index contributed by atoms with van der Waals surface area (Å²) in [5.74, 6) is 0. The molecule has 0 saturated carbocycles. The predicted molar refractivity (Wildman–Crippen MR) is 39.5 cm³/mol. The van der Waals surface area contributed by atoms with E-state index in [0.717, 1.165) is 0 Å². The normalized spacial score (nSPS) is 10.9. The second kappa shape index (κ2) is 6.16. The smallest absolute Gasteiger partial charge is 0.850 e. The molecule has 0 aromatic rings. The van der Waals surface area contributed by atoms with Gasteiger partial charge in [0.2, 0.25) is 0 Å². The monoisotopic (exact) mass is 341 g/mol. The molecule has 0 bridgehead atoms. The zero-order valence-electron chi connectivity index (χ0n) is 8.13. The molecule has 0 radical (unpaired) electrons. The van der Waals surface area contributed by atoms with Crippen molar-refractivity contribution in [1.82, 2.24) is 0 Å². The first-order valence-electron chi connectivity index (χ1n) is 3.41. The first-order valence-corrected chi connectivity index (χ1v) is 3.41. The second-order valence-electron chi connectivity index (χ2n) is 4.22. The van der Waals surface area contributed by atoms with Crippen molar-refractivity contribution in [2.45, 2.75) is 52.7 Å². The van der Waals surface area contributed by atoms with Crippen LogP contribution in [0.25, 0.3) is 0 Å². The molecule has 0 rings (SSSR count). The van der Waals surface area contributed by atoms with Gasteiger partial charge in [-0.1, -0.05) is 41.5 Å². The van der Waals surface area contributed by atoms with Gasteiger partial charge in [0.1, 0.15) is 0 Å². The van der Waals surface area contributed by atoms with Gasteiger partial charge in [-0.2, -0.15) is 0 Å². The fraction of sp³-hybridized carbons (Fsp3) is 1.00. The summed E-state index contributed by atoms with van der Waals surface area (Å²) >= 11 is 0. The summed E-state index contributed by atoms with van der Waals surface area (Å²) in [7, 11) is 0. The average molecular weight is 341 g/mol. The van der Waals surface area contributed by atoms with Crippen molar-refractivity contribution in [3.05, 3.63) is 0 Å². The Balaban J connectivity index is -0.000000107. The van der Waals surface area contributed by atoms with E-state index in [1.165, 1.54) is 0 Å². The van der Waals surface area contributed by atoms with E-state index in [-0.39, 0.29) is 21.1 Å². The molecule has 2 nitrogen and oxygen atoms in total. The minimum absolute atomic E-state index is 0. The van der Waals surface area contributed by atoms with Crippen LogP contribution in [0.2, 0.25) is 0 Å². The third-order valence-corrected chi connectivity index (χ3v) is 0. The third-order valence-electron chi connectivity index (χ3n) is 0. The molecule has 0 aliphatic heterocycles. The minimum atomic E-state index is -0.750. The average Bonchev–Trinajstić information content (AvgIpc) is 1.12. The van der Waals surface area contributed by atoms with Crippen LogP contribution in [0.15, 0.2) is 0 Å². The van der Waals surface area contributed by atoms with E-state index in [9.17, 15) is 10.2 Å². The Labute approximate surface area is 84.3 Å². The Morgan fingerprint density at radius 2 is 0.636 bits per heavy atom. The fourth-order valence-corrected chi connectivity index (χ4v) is 0. The van der Waals surface area contributed by atoms with Crippen LogP contribution in [0.3, 0.4) is 0 Å². The Bertz CT molecular complexity index is 55.1. The van der Waals surface area contributed by atoms with E-state index in [2.05, 4.69) is 0 Å². The van der Waals surface area contributed by atoms with Crippen LogP contribution >= 0.6 is 0 Å². The maximum atomic E-state index is 10.1. The first-order chi connectivity index (χ1) is 4.00. The Hall–Kier alpha value is 0.608. The van der Waals surface area contributed by atoms with Crippen molar-refractivity contribution < 1.29 is 31.3 Å². The van der Waals surface area contributed by atoms with Crippen LogP contribution in [-0.4, -0.2) is 11.2 Å². The summed E-state index contributed by atoms with van der Waals surface area (Å²) in [5, 5.41) is 20.2. The summed E-state index contributed by atoms with van der Waals surface area (Å²) in [6.45, 7) is 9.79. The van der Waals surface area contributed by atoms with Crippen LogP contribution in [0, 0.1) is 0 Å². The van der Waals surface area contributed by atoms with Gasteiger partial charge in [-0.3, -0.25) is 0 Å². The van der Waals surface area contributed by atoms with E-state index >= 15 is 0 Å². The Kier molecular flexibility index (Phi) is 9.87. The molecule has 0 amide bonds. The molecule has 72 valence electrons. The van der Waals surface area contributed by atoms with Crippen molar-refractivity contribution in [2.24, 2.45) is 0 Å². The van der Waals surface area contributed by atoms with Gasteiger partial charge in [0.25, 0.3) is 0 Å². The summed E-state index contributed by atoms with van der Waals surface area (Å²) in [6, 6.07) is 0. The van der Waals surface area contributed by atoms with Crippen LogP contribution in [-0.2, 0) is 21.1 Å². The van der Waals surface area contributed by atoms with Crippen LogP contribution < -0.4 is 10.2 Å². The summed E-state index contributed by atoms with van der Waals surface area (Å²) in [5.41, 5.74) is -1.50. The van der Waals surface area contributed by atoms with Gasteiger partial charge in [-0.15, -0.1) is 11.2 Å². The van der Waals surface area contributed by atoms with Gasteiger partial charge in [0.05, 0.1) is 0 Å². The van der Waals surface area contributed by atoms with E-state index < -0.39 is 11.2 Å². The molecule has 0 heterocycles. The second-order valence-corrected chi connectivity index (χ2v) is 4.22.